The van der Waals surface area contributed by atoms with Gasteiger partial charge in [0.05, 0.1) is 23.4 Å². The van der Waals surface area contributed by atoms with Crippen LogP contribution in [0.4, 0.5) is 11.6 Å². The summed E-state index contributed by atoms with van der Waals surface area (Å²) in [5.74, 6) is 0.591. The molecule has 3 aromatic rings. The normalized spacial score (nSPS) is 14.6. The van der Waals surface area contributed by atoms with Gasteiger partial charge in [-0.15, -0.1) is 0 Å². The minimum absolute atomic E-state index is 0.581. The molecule has 1 aromatic carbocycles. The Balaban J connectivity index is 1.64. The van der Waals surface area contributed by atoms with Crippen LogP contribution < -0.4 is 5.32 Å². The molecule has 0 aliphatic heterocycles. The van der Waals surface area contributed by atoms with Crippen LogP contribution in [0.1, 0.15) is 24.4 Å². The van der Waals surface area contributed by atoms with Crippen LogP contribution in [0.2, 0.25) is 0 Å². The molecule has 0 radical (unpaired) electrons. The first-order valence-electron chi connectivity index (χ1n) is 6.93. The molecule has 2 heterocycles. The van der Waals surface area contributed by atoms with E-state index >= 15 is 0 Å². The van der Waals surface area contributed by atoms with Gasteiger partial charge in [0.25, 0.3) is 0 Å². The summed E-state index contributed by atoms with van der Waals surface area (Å²) < 4.78 is 3.06. The molecule has 2 aromatic heterocycles. The Hall–Kier alpha value is -1.95. The predicted molar refractivity (Wildman–Crippen MR) is 85.8 cm³/mol. The molecule has 1 aliphatic carbocycles. The van der Waals surface area contributed by atoms with E-state index in [4.69, 9.17) is 0 Å². The lowest BCUT2D eigenvalue weighted by Crippen LogP contribution is -1.97. The van der Waals surface area contributed by atoms with Gasteiger partial charge in [-0.3, -0.25) is 4.68 Å². The zero-order chi connectivity index (χ0) is 14.4. The molecule has 106 valence electrons. The van der Waals surface area contributed by atoms with E-state index in [0.29, 0.717) is 12.0 Å². The van der Waals surface area contributed by atoms with Crippen molar-refractivity contribution in [3.8, 4) is 0 Å². The molecule has 0 unspecified atom stereocenters. The number of anilines is 2. The largest absolute Gasteiger partial charge is 0.321 e. The highest BCUT2D eigenvalue weighted by molar-refractivity contribution is 9.10. The van der Waals surface area contributed by atoms with Gasteiger partial charge in [0.15, 0.2) is 0 Å². The van der Waals surface area contributed by atoms with Crippen molar-refractivity contribution in [2.24, 2.45) is 0 Å². The summed E-state index contributed by atoms with van der Waals surface area (Å²) in [7, 11) is 0. The average Bonchev–Trinajstić information content (AvgIpc) is 3.21. The van der Waals surface area contributed by atoms with Crippen molar-refractivity contribution < 1.29 is 0 Å². The van der Waals surface area contributed by atoms with Crippen LogP contribution in [0, 0.1) is 6.92 Å². The third kappa shape index (κ3) is 2.51. The summed E-state index contributed by atoms with van der Waals surface area (Å²) in [6, 6.07) is 4.68. The van der Waals surface area contributed by atoms with Crippen LogP contribution in [-0.2, 0) is 0 Å². The number of halogens is 1. The lowest BCUT2D eigenvalue weighted by atomic mass is 10.2. The fourth-order valence-electron chi connectivity index (χ4n) is 2.30. The number of nitrogens with zero attached hydrogens (tertiary/aromatic N) is 4. The fraction of sp³-hybridized carbons (Fsp3) is 0.267. The van der Waals surface area contributed by atoms with Gasteiger partial charge in [-0.25, -0.2) is 9.97 Å². The van der Waals surface area contributed by atoms with E-state index in [2.05, 4.69) is 49.3 Å². The highest BCUT2D eigenvalue weighted by atomic mass is 79.9. The summed E-state index contributed by atoms with van der Waals surface area (Å²) in [4.78, 5) is 8.92. The van der Waals surface area contributed by atoms with Crippen LogP contribution in [0.25, 0.3) is 10.9 Å². The number of nitrogens with one attached hydrogen (secondary N) is 1. The monoisotopic (exact) mass is 343 g/mol. The Kier molecular flexibility index (Phi) is 2.92. The Morgan fingerprint density at radius 2 is 2.14 bits per heavy atom. The lowest BCUT2D eigenvalue weighted by molar-refractivity contribution is 0.642. The summed E-state index contributed by atoms with van der Waals surface area (Å²) in [6.07, 6.45) is 8.12. The quantitative estimate of drug-likeness (QED) is 0.781. The number of fused-ring (bicyclic) bond motifs is 1. The Morgan fingerprint density at radius 3 is 2.95 bits per heavy atom. The molecule has 1 saturated carbocycles. The maximum atomic E-state index is 4.55. The van der Waals surface area contributed by atoms with Crippen molar-refractivity contribution in [2.45, 2.75) is 25.8 Å². The minimum Gasteiger partial charge on any atom is -0.321 e. The molecular formula is C15H14BrN5. The molecule has 1 aliphatic rings. The van der Waals surface area contributed by atoms with Gasteiger partial charge in [0.2, 0.25) is 5.95 Å². The standard InChI is InChI=1S/C15H14BrN5/c1-9-4-10-6-17-15(20-14(10)5-13(9)16)19-11-7-18-21(8-11)12-2-3-12/h4-8,12H,2-3H2,1H3,(H,17,19,20). The lowest BCUT2D eigenvalue weighted by Gasteiger charge is -2.05. The Bertz CT molecular complexity index is 822. The summed E-state index contributed by atoms with van der Waals surface area (Å²) in [6.45, 7) is 2.06. The molecule has 0 bridgehead atoms. The van der Waals surface area contributed by atoms with Gasteiger partial charge >= 0.3 is 0 Å². The van der Waals surface area contributed by atoms with Gasteiger partial charge in [-0.2, -0.15) is 5.10 Å². The number of hydrogen-bond donors (Lipinski definition) is 1. The third-order valence-electron chi connectivity index (χ3n) is 3.64. The first-order chi connectivity index (χ1) is 10.2. The van der Waals surface area contributed by atoms with E-state index in [1.807, 2.05) is 29.3 Å². The maximum absolute atomic E-state index is 4.55. The fourth-order valence-corrected chi connectivity index (χ4v) is 2.63. The molecule has 4 rings (SSSR count). The van der Waals surface area contributed by atoms with E-state index < -0.39 is 0 Å². The number of aromatic nitrogens is 4. The number of rotatable bonds is 3. The van der Waals surface area contributed by atoms with Crippen LogP contribution in [-0.4, -0.2) is 19.7 Å². The summed E-state index contributed by atoms with van der Waals surface area (Å²) in [5, 5.41) is 8.60. The zero-order valence-corrected chi connectivity index (χ0v) is 13.1. The predicted octanol–water partition coefficient (Wildman–Crippen LogP) is 3.98. The van der Waals surface area contributed by atoms with E-state index in [9.17, 15) is 0 Å². The second kappa shape index (κ2) is 4.80. The molecule has 0 amide bonds. The van der Waals surface area contributed by atoms with Crippen molar-refractivity contribution in [3.05, 3.63) is 40.8 Å². The van der Waals surface area contributed by atoms with Crippen molar-refractivity contribution in [3.63, 3.8) is 0 Å². The van der Waals surface area contributed by atoms with Crippen molar-refractivity contribution in [1.29, 1.82) is 0 Å². The van der Waals surface area contributed by atoms with E-state index in [1.165, 1.54) is 18.4 Å². The molecule has 0 atom stereocenters. The SMILES string of the molecule is Cc1cc2cnc(Nc3cnn(C4CC4)c3)nc2cc1Br. The van der Waals surface area contributed by atoms with Gasteiger partial charge in [-0.1, -0.05) is 15.9 Å². The van der Waals surface area contributed by atoms with Crippen molar-refractivity contribution in [1.82, 2.24) is 19.7 Å². The van der Waals surface area contributed by atoms with Crippen LogP contribution in [0.5, 0.6) is 0 Å². The smallest absolute Gasteiger partial charge is 0.227 e. The number of aryl methyl sites for hydroxylation is 1. The molecular weight excluding hydrogens is 330 g/mol. The Labute approximate surface area is 130 Å². The van der Waals surface area contributed by atoms with Crippen LogP contribution >= 0.6 is 15.9 Å². The molecule has 1 N–H and O–H groups in total. The Morgan fingerprint density at radius 1 is 1.29 bits per heavy atom. The van der Waals surface area contributed by atoms with E-state index in [0.717, 1.165) is 21.1 Å². The highest BCUT2D eigenvalue weighted by Crippen LogP contribution is 2.34. The zero-order valence-electron chi connectivity index (χ0n) is 11.5. The molecule has 0 spiro atoms. The van der Waals surface area contributed by atoms with Crippen LogP contribution in [0.15, 0.2) is 35.2 Å². The molecule has 1 fully saturated rings. The average molecular weight is 344 g/mol. The summed E-state index contributed by atoms with van der Waals surface area (Å²) in [5.41, 5.74) is 3.02. The molecule has 5 nitrogen and oxygen atoms in total. The first-order valence-corrected chi connectivity index (χ1v) is 7.72. The minimum atomic E-state index is 0.581. The summed E-state index contributed by atoms with van der Waals surface area (Å²) >= 11 is 3.54. The second-order valence-electron chi connectivity index (χ2n) is 5.42. The number of hydrogen-bond acceptors (Lipinski definition) is 4. The molecule has 0 saturated heterocycles. The van der Waals surface area contributed by atoms with E-state index in [-0.39, 0.29) is 0 Å². The van der Waals surface area contributed by atoms with Crippen LogP contribution in [0.3, 0.4) is 0 Å². The van der Waals surface area contributed by atoms with E-state index in [1.54, 1.807) is 0 Å². The van der Waals surface area contributed by atoms with Crippen molar-refractivity contribution in [2.75, 3.05) is 5.32 Å². The highest BCUT2D eigenvalue weighted by Gasteiger charge is 2.24. The third-order valence-corrected chi connectivity index (χ3v) is 4.49. The first kappa shape index (κ1) is 12.8. The topological polar surface area (TPSA) is 55.6 Å². The van der Waals surface area contributed by atoms with Gasteiger partial charge < -0.3 is 5.32 Å². The van der Waals surface area contributed by atoms with Gasteiger partial charge in [-0.05, 0) is 37.5 Å². The van der Waals surface area contributed by atoms with Gasteiger partial charge in [0.1, 0.15) is 0 Å². The van der Waals surface area contributed by atoms with Gasteiger partial charge in [0, 0.05) is 22.3 Å². The molecule has 21 heavy (non-hydrogen) atoms. The van der Waals surface area contributed by atoms with Crippen molar-refractivity contribution >= 4 is 38.5 Å². The number of benzene rings is 1. The second-order valence-corrected chi connectivity index (χ2v) is 6.27. The molecule has 6 heteroatoms. The maximum Gasteiger partial charge on any atom is 0.227 e.